The van der Waals surface area contributed by atoms with E-state index in [-0.39, 0.29) is 0 Å². The van der Waals surface area contributed by atoms with Crippen LogP contribution in [0.4, 0.5) is 0 Å². The molecular weight excluding hydrogens is 358 g/mol. The fourth-order valence-corrected chi connectivity index (χ4v) is 3.96. The summed E-state index contributed by atoms with van der Waals surface area (Å²) in [6.07, 6.45) is 2.93. The first kappa shape index (κ1) is 17.8. The number of H-pyrrole nitrogens is 1. The number of aromatic amines is 1. The second-order valence-corrected chi connectivity index (χ2v) is 7.55. The molecule has 1 aliphatic rings. The molecule has 5 heteroatoms. The first-order chi connectivity index (χ1) is 14.3. The standard InChI is InChI=1S/C24H23N5/c1-3-7-18(8-4-1)16-29-14-12-21(17-29)24-26-23(27-28-24)20-11-13-25-22(15-20)19-9-5-2-6-10-19/h1-11,13,15,21H,12,14,16-17H2,(H,26,27,28). The Balaban J connectivity index is 1.30. The molecule has 1 atom stereocenters. The van der Waals surface area contributed by atoms with Crippen LogP contribution in [-0.2, 0) is 6.54 Å². The maximum atomic E-state index is 4.82. The topological polar surface area (TPSA) is 57.7 Å². The van der Waals surface area contributed by atoms with Gasteiger partial charge in [0.15, 0.2) is 5.82 Å². The van der Waals surface area contributed by atoms with Crippen molar-refractivity contribution in [3.8, 4) is 22.6 Å². The second-order valence-electron chi connectivity index (χ2n) is 7.55. The molecule has 1 N–H and O–H groups in total. The molecule has 0 bridgehead atoms. The number of likely N-dealkylation sites (tertiary alicyclic amines) is 1. The molecule has 0 aliphatic carbocycles. The van der Waals surface area contributed by atoms with Gasteiger partial charge in [0.25, 0.3) is 0 Å². The van der Waals surface area contributed by atoms with E-state index in [1.54, 1.807) is 0 Å². The highest BCUT2D eigenvalue weighted by Gasteiger charge is 2.26. The largest absolute Gasteiger partial charge is 0.298 e. The summed E-state index contributed by atoms with van der Waals surface area (Å²) < 4.78 is 0. The molecule has 2 aromatic heterocycles. The molecule has 5 nitrogen and oxygen atoms in total. The molecule has 144 valence electrons. The van der Waals surface area contributed by atoms with E-state index >= 15 is 0 Å². The van der Waals surface area contributed by atoms with Gasteiger partial charge in [0.2, 0.25) is 0 Å². The van der Waals surface area contributed by atoms with Crippen LogP contribution in [0.2, 0.25) is 0 Å². The van der Waals surface area contributed by atoms with Crippen molar-refractivity contribution in [2.75, 3.05) is 13.1 Å². The van der Waals surface area contributed by atoms with Crippen molar-refractivity contribution in [2.24, 2.45) is 0 Å². The van der Waals surface area contributed by atoms with Gasteiger partial charge in [-0.05, 0) is 30.7 Å². The smallest absolute Gasteiger partial charge is 0.181 e. The van der Waals surface area contributed by atoms with E-state index in [0.717, 1.165) is 54.5 Å². The number of nitrogens with zero attached hydrogens (tertiary/aromatic N) is 4. The minimum atomic E-state index is 0.399. The van der Waals surface area contributed by atoms with E-state index in [1.165, 1.54) is 5.56 Å². The Morgan fingerprint density at radius 2 is 1.72 bits per heavy atom. The van der Waals surface area contributed by atoms with Gasteiger partial charge in [-0.2, -0.15) is 5.10 Å². The molecule has 1 unspecified atom stereocenters. The molecule has 5 rings (SSSR count). The number of aromatic nitrogens is 4. The Morgan fingerprint density at radius 3 is 2.55 bits per heavy atom. The first-order valence-corrected chi connectivity index (χ1v) is 10.1. The van der Waals surface area contributed by atoms with Crippen molar-refractivity contribution in [1.29, 1.82) is 0 Å². The third kappa shape index (κ3) is 3.96. The number of rotatable bonds is 5. The highest BCUT2D eigenvalue weighted by Crippen LogP contribution is 2.28. The predicted octanol–water partition coefficient (Wildman–Crippen LogP) is 4.52. The summed E-state index contributed by atoms with van der Waals surface area (Å²) in [5, 5.41) is 7.67. The number of hydrogen-bond donors (Lipinski definition) is 1. The van der Waals surface area contributed by atoms with Gasteiger partial charge in [0.1, 0.15) is 5.82 Å². The number of nitrogens with one attached hydrogen (secondary N) is 1. The van der Waals surface area contributed by atoms with Crippen molar-refractivity contribution in [1.82, 2.24) is 25.1 Å². The van der Waals surface area contributed by atoms with Crippen LogP contribution in [0.5, 0.6) is 0 Å². The van der Waals surface area contributed by atoms with Gasteiger partial charge in [-0.3, -0.25) is 15.0 Å². The average Bonchev–Trinajstić information content (AvgIpc) is 3.45. The summed E-state index contributed by atoms with van der Waals surface area (Å²) in [5.41, 5.74) is 4.37. The molecule has 0 amide bonds. The lowest BCUT2D eigenvalue weighted by molar-refractivity contribution is 0.326. The molecule has 3 heterocycles. The van der Waals surface area contributed by atoms with Crippen LogP contribution in [0.15, 0.2) is 79.0 Å². The van der Waals surface area contributed by atoms with E-state index in [1.807, 2.05) is 30.5 Å². The lowest BCUT2D eigenvalue weighted by Crippen LogP contribution is -2.19. The van der Waals surface area contributed by atoms with E-state index < -0.39 is 0 Å². The maximum Gasteiger partial charge on any atom is 0.181 e. The minimum Gasteiger partial charge on any atom is -0.298 e. The van der Waals surface area contributed by atoms with Gasteiger partial charge in [-0.1, -0.05) is 60.7 Å². The fraction of sp³-hybridized carbons (Fsp3) is 0.208. The minimum absolute atomic E-state index is 0.399. The van der Waals surface area contributed by atoms with E-state index in [2.05, 4.69) is 68.6 Å². The second kappa shape index (κ2) is 7.97. The van der Waals surface area contributed by atoms with Crippen LogP contribution in [-0.4, -0.2) is 38.2 Å². The van der Waals surface area contributed by atoms with Crippen molar-refractivity contribution in [2.45, 2.75) is 18.9 Å². The predicted molar refractivity (Wildman–Crippen MR) is 114 cm³/mol. The van der Waals surface area contributed by atoms with Crippen molar-refractivity contribution in [3.05, 3.63) is 90.4 Å². The number of hydrogen-bond acceptors (Lipinski definition) is 4. The number of pyridine rings is 1. The Kier molecular flexibility index (Phi) is 4.88. The lowest BCUT2D eigenvalue weighted by atomic mass is 10.1. The molecule has 2 aromatic carbocycles. The highest BCUT2D eigenvalue weighted by atomic mass is 15.2. The average molecular weight is 381 g/mol. The van der Waals surface area contributed by atoms with Crippen molar-refractivity contribution in [3.63, 3.8) is 0 Å². The van der Waals surface area contributed by atoms with Gasteiger partial charge < -0.3 is 0 Å². The Labute approximate surface area is 170 Å². The molecule has 0 spiro atoms. The van der Waals surface area contributed by atoms with Crippen LogP contribution >= 0.6 is 0 Å². The SMILES string of the molecule is c1ccc(CN2CCC(c3nc(-c4ccnc(-c5ccccc5)c4)n[nH]3)C2)cc1. The van der Waals surface area contributed by atoms with Gasteiger partial charge in [-0.25, -0.2) is 4.98 Å². The molecular formula is C24H23N5. The first-order valence-electron chi connectivity index (χ1n) is 10.1. The fourth-order valence-electron chi connectivity index (χ4n) is 3.96. The quantitative estimate of drug-likeness (QED) is 0.552. The Bertz CT molecular complexity index is 1070. The molecule has 4 aromatic rings. The summed E-state index contributed by atoms with van der Waals surface area (Å²) >= 11 is 0. The van der Waals surface area contributed by atoms with E-state index in [4.69, 9.17) is 4.98 Å². The van der Waals surface area contributed by atoms with Gasteiger partial charge in [-0.15, -0.1) is 0 Å². The van der Waals surface area contributed by atoms with Gasteiger partial charge in [0.05, 0.1) is 5.69 Å². The molecule has 0 saturated carbocycles. The molecule has 29 heavy (non-hydrogen) atoms. The number of benzene rings is 2. The molecule has 0 radical (unpaired) electrons. The summed E-state index contributed by atoms with van der Waals surface area (Å²) in [6, 6.07) is 24.9. The molecule has 1 aliphatic heterocycles. The van der Waals surface area contributed by atoms with E-state index in [9.17, 15) is 0 Å². The zero-order chi connectivity index (χ0) is 19.5. The third-order valence-electron chi connectivity index (χ3n) is 5.50. The monoisotopic (exact) mass is 381 g/mol. The Morgan fingerprint density at radius 1 is 0.931 bits per heavy atom. The summed E-state index contributed by atoms with van der Waals surface area (Å²) in [4.78, 5) is 11.8. The van der Waals surface area contributed by atoms with Gasteiger partial charge in [0, 0.05) is 36.3 Å². The maximum absolute atomic E-state index is 4.82. The lowest BCUT2D eigenvalue weighted by Gasteiger charge is -2.15. The zero-order valence-corrected chi connectivity index (χ0v) is 16.2. The van der Waals surface area contributed by atoms with Crippen LogP contribution in [0.1, 0.15) is 23.7 Å². The van der Waals surface area contributed by atoms with Crippen LogP contribution in [0.25, 0.3) is 22.6 Å². The van der Waals surface area contributed by atoms with Crippen LogP contribution in [0, 0.1) is 0 Å². The van der Waals surface area contributed by atoms with Crippen molar-refractivity contribution >= 4 is 0 Å². The Hall–Kier alpha value is -3.31. The normalized spacial score (nSPS) is 16.9. The zero-order valence-electron chi connectivity index (χ0n) is 16.2. The van der Waals surface area contributed by atoms with Crippen LogP contribution in [0.3, 0.4) is 0 Å². The van der Waals surface area contributed by atoms with Crippen molar-refractivity contribution < 1.29 is 0 Å². The summed E-state index contributed by atoms with van der Waals surface area (Å²) in [6.45, 7) is 3.08. The summed E-state index contributed by atoms with van der Waals surface area (Å²) in [7, 11) is 0. The van der Waals surface area contributed by atoms with E-state index in [0.29, 0.717) is 5.92 Å². The molecule has 1 fully saturated rings. The summed E-state index contributed by atoms with van der Waals surface area (Å²) in [5.74, 6) is 2.12. The highest BCUT2D eigenvalue weighted by molar-refractivity contribution is 5.66. The van der Waals surface area contributed by atoms with Crippen LogP contribution < -0.4 is 0 Å². The third-order valence-corrected chi connectivity index (χ3v) is 5.50. The van der Waals surface area contributed by atoms with Gasteiger partial charge >= 0.3 is 0 Å². The molecule has 1 saturated heterocycles.